The van der Waals surface area contributed by atoms with Crippen molar-refractivity contribution in [1.82, 2.24) is 30.2 Å². The van der Waals surface area contributed by atoms with Gasteiger partial charge in [-0.2, -0.15) is 4.98 Å². The van der Waals surface area contributed by atoms with E-state index in [1.54, 1.807) is 29.7 Å². The number of amides is 1. The first-order valence-corrected chi connectivity index (χ1v) is 10.5. The van der Waals surface area contributed by atoms with Crippen LogP contribution in [0.2, 0.25) is 0 Å². The second-order valence-electron chi connectivity index (χ2n) is 6.58. The molecule has 2 aromatic carbocycles. The lowest BCUT2D eigenvalue weighted by molar-refractivity contribution is -0.118. The number of thioether (sulfide) groups is 1. The number of aromatic nitrogens is 5. The minimum Gasteiger partial charge on any atom is -0.355 e. The number of benzene rings is 2. The highest BCUT2D eigenvalue weighted by Gasteiger charge is 2.19. The predicted octanol–water partition coefficient (Wildman–Crippen LogP) is 3.22. The molecule has 0 aliphatic rings. The number of rotatable bonds is 8. The van der Waals surface area contributed by atoms with Crippen molar-refractivity contribution in [3.63, 3.8) is 0 Å². The summed E-state index contributed by atoms with van der Waals surface area (Å²) < 4.78 is 21.2. The smallest absolute Gasteiger partial charge is 0.230 e. The molecule has 1 amide bonds. The third kappa shape index (κ3) is 4.97. The van der Waals surface area contributed by atoms with Crippen LogP contribution in [0, 0.1) is 12.7 Å². The highest BCUT2D eigenvalue weighted by Crippen LogP contribution is 2.29. The summed E-state index contributed by atoms with van der Waals surface area (Å²) in [7, 11) is 0. The van der Waals surface area contributed by atoms with Crippen LogP contribution in [0.1, 0.15) is 11.7 Å². The number of carbonyl (C=O) groups excluding carboxylic acids is 1. The van der Waals surface area contributed by atoms with Crippen molar-refractivity contribution < 1.29 is 13.7 Å². The Balaban J connectivity index is 1.48. The summed E-state index contributed by atoms with van der Waals surface area (Å²) in [6.45, 7) is 2.12. The van der Waals surface area contributed by atoms with Crippen molar-refractivity contribution >= 4 is 17.7 Å². The Labute approximate surface area is 181 Å². The van der Waals surface area contributed by atoms with E-state index in [0.717, 1.165) is 5.69 Å². The van der Waals surface area contributed by atoms with Gasteiger partial charge in [0.15, 0.2) is 16.8 Å². The monoisotopic (exact) mass is 438 g/mol. The molecule has 2 aromatic heterocycles. The van der Waals surface area contributed by atoms with E-state index in [2.05, 4.69) is 25.7 Å². The molecule has 158 valence electrons. The average molecular weight is 438 g/mol. The van der Waals surface area contributed by atoms with Crippen molar-refractivity contribution in [2.75, 3.05) is 12.3 Å². The Morgan fingerprint density at radius 1 is 1.13 bits per heavy atom. The number of halogens is 1. The first-order valence-electron chi connectivity index (χ1n) is 9.56. The van der Waals surface area contributed by atoms with Gasteiger partial charge in [-0.05, 0) is 31.2 Å². The number of hydrogen-bond donors (Lipinski definition) is 1. The third-order valence-corrected chi connectivity index (χ3v) is 5.25. The van der Waals surface area contributed by atoms with Gasteiger partial charge in [0, 0.05) is 18.7 Å². The molecule has 31 heavy (non-hydrogen) atoms. The van der Waals surface area contributed by atoms with E-state index in [0.29, 0.717) is 41.2 Å². The molecule has 0 radical (unpaired) electrons. The van der Waals surface area contributed by atoms with E-state index in [-0.39, 0.29) is 11.7 Å². The second kappa shape index (κ2) is 9.52. The lowest BCUT2D eigenvalue weighted by Crippen LogP contribution is -2.27. The van der Waals surface area contributed by atoms with Gasteiger partial charge < -0.3 is 9.84 Å². The van der Waals surface area contributed by atoms with E-state index < -0.39 is 5.82 Å². The topological polar surface area (TPSA) is 98.7 Å². The maximum Gasteiger partial charge on any atom is 0.230 e. The molecule has 2 heterocycles. The van der Waals surface area contributed by atoms with Crippen LogP contribution in [0.25, 0.3) is 17.1 Å². The summed E-state index contributed by atoms with van der Waals surface area (Å²) >= 11 is 1.23. The van der Waals surface area contributed by atoms with Crippen LogP contribution >= 0.6 is 11.8 Å². The molecule has 0 aliphatic heterocycles. The van der Waals surface area contributed by atoms with Crippen LogP contribution in [0.15, 0.2) is 64.3 Å². The van der Waals surface area contributed by atoms with Gasteiger partial charge >= 0.3 is 0 Å². The average Bonchev–Trinajstić information content (AvgIpc) is 3.39. The number of hydrogen-bond acceptors (Lipinski definition) is 7. The van der Waals surface area contributed by atoms with Gasteiger partial charge in [0.25, 0.3) is 0 Å². The largest absolute Gasteiger partial charge is 0.355 e. The highest BCUT2D eigenvalue weighted by molar-refractivity contribution is 7.99. The second-order valence-corrected chi connectivity index (χ2v) is 7.52. The lowest BCUT2D eigenvalue weighted by Gasteiger charge is -2.10. The molecule has 0 bridgehead atoms. The van der Waals surface area contributed by atoms with Gasteiger partial charge in [-0.15, -0.1) is 10.2 Å². The molecule has 0 aliphatic carbocycles. The van der Waals surface area contributed by atoms with E-state index >= 15 is 0 Å². The number of carbonyl (C=O) groups is 1. The van der Waals surface area contributed by atoms with Gasteiger partial charge in [0.1, 0.15) is 5.82 Å². The minimum atomic E-state index is -0.391. The van der Waals surface area contributed by atoms with Crippen molar-refractivity contribution in [2.24, 2.45) is 0 Å². The molecule has 4 rings (SSSR count). The number of para-hydroxylation sites is 1. The zero-order valence-electron chi connectivity index (χ0n) is 16.7. The maximum atomic E-state index is 14.4. The molecule has 0 saturated carbocycles. The van der Waals surface area contributed by atoms with Crippen molar-refractivity contribution in [2.45, 2.75) is 18.5 Å². The lowest BCUT2D eigenvalue weighted by atomic mass is 10.2. The first-order chi connectivity index (χ1) is 15.1. The fourth-order valence-corrected chi connectivity index (χ4v) is 3.70. The Morgan fingerprint density at radius 2 is 1.90 bits per heavy atom. The van der Waals surface area contributed by atoms with Gasteiger partial charge in [-0.25, -0.2) is 4.39 Å². The molecule has 0 saturated heterocycles. The molecule has 0 spiro atoms. The molecule has 4 aromatic rings. The fraction of sp³-hybridized carbons (Fsp3) is 0.190. The molecule has 1 N–H and O–H groups in total. The van der Waals surface area contributed by atoms with Gasteiger partial charge in [-0.3, -0.25) is 9.36 Å². The molecule has 10 heteroatoms. The van der Waals surface area contributed by atoms with Crippen LogP contribution in [0.4, 0.5) is 4.39 Å². The van der Waals surface area contributed by atoms with Crippen molar-refractivity contribution in [3.05, 3.63) is 72.1 Å². The SMILES string of the molecule is Cc1noc(CCNC(=O)CSc2nnc(-c3ccccc3F)n2-c2ccccc2)n1. The fourth-order valence-electron chi connectivity index (χ4n) is 2.92. The molecular formula is C21H19FN6O2S. The zero-order chi connectivity index (χ0) is 21.6. The summed E-state index contributed by atoms with van der Waals surface area (Å²) in [5.74, 6) is 0.977. The quantitative estimate of drug-likeness (QED) is 0.422. The van der Waals surface area contributed by atoms with E-state index in [1.165, 1.54) is 17.8 Å². The Kier molecular flexibility index (Phi) is 6.37. The molecule has 0 unspecified atom stereocenters. The Hall–Kier alpha value is -3.53. The normalized spacial score (nSPS) is 10.9. The van der Waals surface area contributed by atoms with Crippen LogP contribution in [0.3, 0.4) is 0 Å². The Bertz CT molecular complexity index is 1180. The summed E-state index contributed by atoms with van der Waals surface area (Å²) in [5, 5.41) is 15.4. The van der Waals surface area contributed by atoms with E-state index in [9.17, 15) is 9.18 Å². The van der Waals surface area contributed by atoms with Crippen LogP contribution in [-0.2, 0) is 11.2 Å². The molecule has 0 atom stereocenters. The third-order valence-electron chi connectivity index (χ3n) is 4.33. The summed E-state index contributed by atoms with van der Waals surface area (Å²) in [4.78, 5) is 16.4. The van der Waals surface area contributed by atoms with E-state index in [1.807, 2.05) is 30.3 Å². The van der Waals surface area contributed by atoms with Gasteiger partial charge in [-0.1, -0.05) is 47.3 Å². The van der Waals surface area contributed by atoms with Crippen LogP contribution < -0.4 is 5.32 Å². The standard InChI is InChI=1S/C21H19FN6O2S/c1-14-24-19(30-27-14)11-12-23-18(29)13-31-21-26-25-20(16-9-5-6-10-17(16)22)28(21)15-7-3-2-4-8-15/h2-10H,11-13H2,1H3,(H,23,29). The highest BCUT2D eigenvalue weighted by atomic mass is 32.2. The minimum absolute atomic E-state index is 0.130. The molecular weight excluding hydrogens is 419 g/mol. The number of nitrogens with one attached hydrogen (secondary N) is 1. The number of nitrogens with zero attached hydrogens (tertiary/aromatic N) is 5. The first kappa shape index (κ1) is 20.7. The van der Waals surface area contributed by atoms with Gasteiger partial charge in [0.2, 0.25) is 11.8 Å². The zero-order valence-corrected chi connectivity index (χ0v) is 17.5. The summed E-state index contributed by atoms with van der Waals surface area (Å²) in [6, 6.07) is 15.8. The molecule has 8 nitrogen and oxygen atoms in total. The van der Waals surface area contributed by atoms with E-state index in [4.69, 9.17) is 4.52 Å². The Morgan fingerprint density at radius 3 is 2.65 bits per heavy atom. The summed E-state index contributed by atoms with van der Waals surface area (Å²) in [5.41, 5.74) is 1.12. The van der Waals surface area contributed by atoms with Gasteiger partial charge in [0.05, 0.1) is 11.3 Å². The summed E-state index contributed by atoms with van der Waals surface area (Å²) in [6.07, 6.45) is 0.453. The predicted molar refractivity (Wildman–Crippen MR) is 113 cm³/mol. The molecule has 0 fully saturated rings. The number of aryl methyl sites for hydroxylation is 1. The van der Waals surface area contributed by atoms with Crippen molar-refractivity contribution in [1.29, 1.82) is 0 Å². The maximum absolute atomic E-state index is 14.4. The van der Waals surface area contributed by atoms with Crippen molar-refractivity contribution in [3.8, 4) is 17.1 Å². The van der Waals surface area contributed by atoms with Crippen LogP contribution in [0.5, 0.6) is 0 Å². The van der Waals surface area contributed by atoms with Crippen LogP contribution in [-0.4, -0.2) is 43.1 Å².